The number of hydrogen-bond acceptors (Lipinski definition) is 1. The Morgan fingerprint density at radius 1 is 0.708 bits per heavy atom. The van der Waals surface area contributed by atoms with Crippen molar-refractivity contribution in [2.24, 2.45) is 0 Å². The molecule has 1 heteroatoms. The summed E-state index contributed by atoms with van der Waals surface area (Å²) >= 11 is 0. The molecule has 0 amide bonds. The van der Waals surface area contributed by atoms with Crippen LogP contribution in [0.1, 0.15) is 18.1 Å². The quantitative estimate of drug-likeness (QED) is 0.774. The van der Waals surface area contributed by atoms with Crippen molar-refractivity contribution in [1.82, 2.24) is 0 Å². The highest BCUT2D eigenvalue weighted by Gasteiger charge is 1.98. The highest BCUT2D eigenvalue weighted by molar-refractivity contribution is 5.64. The van der Waals surface area contributed by atoms with Crippen LogP contribution in [0.25, 0.3) is 11.1 Å². The predicted molar refractivity (Wildman–Crippen MR) is 97.1 cm³/mol. The van der Waals surface area contributed by atoms with Gasteiger partial charge in [-0.05, 0) is 71.3 Å². The van der Waals surface area contributed by atoms with Gasteiger partial charge < -0.3 is 0 Å². The molecule has 0 radical (unpaired) electrons. The molecule has 0 N–H and O–H groups in total. The molecule has 2 aromatic carbocycles. The largest absolute Gasteiger partial charge is 0.198 e. The van der Waals surface area contributed by atoms with Crippen molar-refractivity contribution in [3.63, 3.8) is 0 Å². The van der Waals surface area contributed by atoms with E-state index in [1.807, 2.05) is 48.5 Å². The molecule has 110 valence electrons. The van der Waals surface area contributed by atoms with Crippen molar-refractivity contribution in [2.75, 3.05) is 0 Å². The summed E-state index contributed by atoms with van der Waals surface area (Å²) in [7, 11) is 0. The molecule has 0 saturated heterocycles. The lowest BCUT2D eigenvalue weighted by Crippen LogP contribution is -1.83. The van der Waals surface area contributed by atoms with Crippen LogP contribution in [0.15, 0.2) is 48.5 Å². The topological polar surface area (TPSA) is 23.8 Å². The Labute approximate surface area is 143 Å². The average molecular weight is 303 g/mol. The van der Waals surface area contributed by atoms with E-state index in [-0.39, 0.29) is 0 Å². The van der Waals surface area contributed by atoms with Crippen LogP contribution in [0.4, 0.5) is 0 Å². The summed E-state index contributed by atoms with van der Waals surface area (Å²) in [5, 5.41) is 8.69. The van der Waals surface area contributed by atoms with Crippen LogP contribution in [0, 0.1) is 58.7 Å². The van der Waals surface area contributed by atoms with Gasteiger partial charge in [-0.2, -0.15) is 5.26 Å². The molecule has 0 unspecified atom stereocenters. The lowest BCUT2D eigenvalue weighted by Gasteiger charge is -2.02. The van der Waals surface area contributed by atoms with Gasteiger partial charge in [-0.15, -0.1) is 0 Å². The zero-order valence-electron chi connectivity index (χ0n) is 13.3. The molecule has 0 atom stereocenters. The summed E-state index contributed by atoms with van der Waals surface area (Å²) in [6.45, 7) is 1.73. The second-order valence-electron chi connectivity index (χ2n) is 4.73. The Kier molecular flexibility index (Phi) is 6.37. The molecule has 0 heterocycles. The molecule has 0 fully saturated rings. The van der Waals surface area contributed by atoms with Gasteiger partial charge in [0.1, 0.15) is 0 Å². The fourth-order valence-corrected chi connectivity index (χ4v) is 1.94. The van der Waals surface area contributed by atoms with E-state index in [2.05, 4.69) is 53.4 Å². The third-order valence-electron chi connectivity index (χ3n) is 3.10. The maximum absolute atomic E-state index is 8.69. The van der Waals surface area contributed by atoms with Crippen molar-refractivity contribution in [1.29, 1.82) is 5.26 Å². The minimum Gasteiger partial charge on any atom is -0.198 e. The average Bonchev–Trinajstić information content (AvgIpc) is 2.62. The molecule has 0 spiro atoms. The fraction of sp³-hybridized carbons (Fsp3) is 0.0870. The molecular weight excluding hydrogens is 290 g/mol. The Balaban J connectivity index is 2.07. The molecule has 0 aliphatic heterocycles. The highest BCUT2D eigenvalue weighted by atomic mass is 14.2. The smallest absolute Gasteiger partial charge is 0.0669 e. The van der Waals surface area contributed by atoms with Crippen LogP contribution in [-0.4, -0.2) is 0 Å². The second-order valence-corrected chi connectivity index (χ2v) is 4.73. The first-order valence-corrected chi connectivity index (χ1v) is 7.32. The van der Waals surface area contributed by atoms with Crippen molar-refractivity contribution >= 4 is 0 Å². The first kappa shape index (κ1) is 16.5. The van der Waals surface area contributed by atoms with Gasteiger partial charge in [0.2, 0.25) is 0 Å². The minimum absolute atomic E-state index is 0.436. The molecule has 1 nitrogen and oxygen atoms in total. The number of hydrogen-bond donors (Lipinski definition) is 0. The maximum atomic E-state index is 8.69. The Morgan fingerprint density at radius 3 is 1.83 bits per heavy atom. The number of benzene rings is 2. The van der Waals surface area contributed by atoms with Gasteiger partial charge in [0.05, 0.1) is 12.5 Å². The van der Waals surface area contributed by atoms with Crippen LogP contribution in [0.5, 0.6) is 0 Å². The van der Waals surface area contributed by atoms with Gasteiger partial charge >= 0.3 is 0 Å². The Bertz CT molecular complexity index is 986. The van der Waals surface area contributed by atoms with E-state index in [1.165, 1.54) is 0 Å². The molecule has 24 heavy (non-hydrogen) atoms. The van der Waals surface area contributed by atoms with Gasteiger partial charge in [-0.25, -0.2) is 0 Å². The third kappa shape index (κ3) is 5.18. The monoisotopic (exact) mass is 303 g/mol. The number of rotatable bonds is 2. The SMILES string of the molecule is CC#CC#CC#CC#Cc1ccc(-c2ccc(CC#N)cc2)cc1. The van der Waals surface area contributed by atoms with Crippen LogP contribution in [0.3, 0.4) is 0 Å². The van der Waals surface area contributed by atoms with Crippen molar-refractivity contribution < 1.29 is 0 Å². The third-order valence-corrected chi connectivity index (χ3v) is 3.10. The molecular formula is C23H13N. The van der Waals surface area contributed by atoms with Gasteiger partial charge in [-0.3, -0.25) is 0 Å². The zero-order chi connectivity index (χ0) is 17.0. The van der Waals surface area contributed by atoms with Gasteiger partial charge in [0.25, 0.3) is 0 Å². The van der Waals surface area contributed by atoms with Crippen molar-refractivity contribution in [2.45, 2.75) is 13.3 Å². The zero-order valence-corrected chi connectivity index (χ0v) is 13.3. The summed E-state index contributed by atoms with van der Waals surface area (Å²) in [5.41, 5.74) is 4.15. The van der Waals surface area contributed by atoms with Gasteiger partial charge in [0.15, 0.2) is 0 Å². The maximum Gasteiger partial charge on any atom is 0.0669 e. The summed E-state index contributed by atoms with van der Waals surface area (Å²) < 4.78 is 0. The second kappa shape index (κ2) is 9.24. The Morgan fingerprint density at radius 2 is 1.25 bits per heavy atom. The van der Waals surface area contributed by atoms with Crippen molar-refractivity contribution in [3.05, 3.63) is 59.7 Å². The summed E-state index contributed by atoms with van der Waals surface area (Å²) in [5.74, 6) is 21.5. The van der Waals surface area contributed by atoms with E-state index in [4.69, 9.17) is 5.26 Å². The summed E-state index contributed by atoms with van der Waals surface area (Å²) in [6.07, 6.45) is 0.436. The molecule has 2 aromatic rings. The van der Waals surface area contributed by atoms with Crippen LogP contribution >= 0.6 is 0 Å². The predicted octanol–water partition coefficient (Wildman–Crippen LogP) is 3.80. The lowest BCUT2D eigenvalue weighted by molar-refractivity contribution is 1.26. The Hall–Kier alpha value is -3.83. The first-order valence-electron chi connectivity index (χ1n) is 7.32. The first-order chi connectivity index (χ1) is 11.8. The van der Waals surface area contributed by atoms with Crippen LogP contribution in [0.2, 0.25) is 0 Å². The molecule has 0 aliphatic rings. The number of nitrogens with zero attached hydrogens (tertiary/aromatic N) is 1. The van der Waals surface area contributed by atoms with E-state index in [9.17, 15) is 0 Å². The normalized spacial score (nSPS) is 7.83. The molecule has 2 rings (SSSR count). The van der Waals surface area contributed by atoms with Crippen LogP contribution in [-0.2, 0) is 6.42 Å². The summed E-state index contributed by atoms with van der Waals surface area (Å²) in [6, 6.07) is 18.1. The van der Waals surface area contributed by atoms with E-state index in [0.717, 1.165) is 22.3 Å². The molecule has 0 bridgehead atoms. The van der Waals surface area contributed by atoms with E-state index < -0.39 is 0 Å². The minimum atomic E-state index is 0.436. The lowest BCUT2D eigenvalue weighted by atomic mass is 10.0. The van der Waals surface area contributed by atoms with Crippen molar-refractivity contribution in [3.8, 4) is 64.6 Å². The van der Waals surface area contributed by atoms with E-state index in [0.29, 0.717) is 6.42 Å². The van der Waals surface area contributed by atoms with Crippen LogP contribution < -0.4 is 0 Å². The molecule has 0 aliphatic carbocycles. The standard InChI is InChI=1S/C23H13N/c1-2-3-4-5-6-7-8-9-20-10-14-22(15-11-20)23-16-12-21(13-17-23)18-19-24/h10-17H,18H2,1H3. The fourth-order valence-electron chi connectivity index (χ4n) is 1.94. The van der Waals surface area contributed by atoms with E-state index in [1.54, 1.807) is 6.92 Å². The highest BCUT2D eigenvalue weighted by Crippen LogP contribution is 2.20. The summed E-state index contributed by atoms with van der Waals surface area (Å²) in [4.78, 5) is 0. The van der Waals surface area contributed by atoms with E-state index >= 15 is 0 Å². The number of nitriles is 1. The van der Waals surface area contributed by atoms with Gasteiger partial charge in [0, 0.05) is 5.56 Å². The van der Waals surface area contributed by atoms with Gasteiger partial charge in [-0.1, -0.05) is 48.2 Å². The molecule has 0 aromatic heterocycles. The molecule has 0 saturated carbocycles.